The SMILES string of the molecule is O=C(CN(Cc1ccc(F)cc1)S(=O)(=O)c1ccccc1)N/N=C\c1ccccn1. The minimum absolute atomic E-state index is 0.0527. The maximum Gasteiger partial charge on any atom is 0.255 e. The summed E-state index contributed by atoms with van der Waals surface area (Å²) in [5.74, 6) is -1.05. The molecule has 0 saturated heterocycles. The highest BCUT2D eigenvalue weighted by molar-refractivity contribution is 7.89. The third kappa shape index (κ3) is 5.79. The van der Waals surface area contributed by atoms with Crippen LogP contribution >= 0.6 is 0 Å². The van der Waals surface area contributed by atoms with Crippen molar-refractivity contribution in [2.45, 2.75) is 11.4 Å². The molecule has 154 valence electrons. The summed E-state index contributed by atoms with van der Waals surface area (Å²) in [5.41, 5.74) is 3.39. The number of halogens is 1. The van der Waals surface area contributed by atoms with Crippen molar-refractivity contribution >= 4 is 22.1 Å². The lowest BCUT2D eigenvalue weighted by molar-refractivity contribution is -0.121. The van der Waals surface area contributed by atoms with Gasteiger partial charge in [0.1, 0.15) is 5.82 Å². The Morgan fingerprint density at radius 3 is 2.40 bits per heavy atom. The molecule has 0 atom stereocenters. The predicted molar refractivity (Wildman–Crippen MR) is 110 cm³/mol. The first kappa shape index (κ1) is 21.3. The van der Waals surface area contributed by atoms with E-state index in [0.717, 1.165) is 4.31 Å². The molecule has 30 heavy (non-hydrogen) atoms. The molecule has 1 heterocycles. The van der Waals surface area contributed by atoms with Crippen LogP contribution in [0.4, 0.5) is 4.39 Å². The largest absolute Gasteiger partial charge is 0.272 e. The Kier molecular flexibility index (Phi) is 6.99. The summed E-state index contributed by atoms with van der Waals surface area (Å²) in [6, 6.07) is 18.4. The minimum atomic E-state index is -3.97. The Bertz CT molecular complexity index is 1110. The third-order valence-electron chi connectivity index (χ3n) is 4.05. The molecule has 0 fully saturated rings. The molecule has 0 bridgehead atoms. The van der Waals surface area contributed by atoms with Gasteiger partial charge in [-0.05, 0) is 42.0 Å². The number of nitrogens with one attached hydrogen (secondary N) is 1. The second-order valence-corrected chi connectivity index (χ2v) is 8.20. The van der Waals surface area contributed by atoms with Gasteiger partial charge in [0.2, 0.25) is 10.0 Å². The molecule has 1 aromatic heterocycles. The average Bonchev–Trinajstić information content (AvgIpc) is 2.76. The summed E-state index contributed by atoms with van der Waals surface area (Å²) in [6.07, 6.45) is 2.94. The molecule has 3 rings (SSSR count). The highest BCUT2D eigenvalue weighted by Crippen LogP contribution is 2.18. The number of pyridine rings is 1. The van der Waals surface area contributed by atoms with Crippen molar-refractivity contribution < 1.29 is 17.6 Å². The second kappa shape index (κ2) is 9.86. The van der Waals surface area contributed by atoms with E-state index in [1.165, 1.54) is 42.6 Å². The molecule has 0 radical (unpaired) electrons. The van der Waals surface area contributed by atoms with Gasteiger partial charge in [0.15, 0.2) is 0 Å². The van der Waals surface area contributed by atoms with E-state index < -0.39 is 28.3 Å². The normalized spacial score (nSPS) is 11.7. The van der Waals surface area contributed by atoms with Crippen LogP contribution in [-0.4, -0.2) is 36.4 Å². The molecule has 9 heteroatoms. The Morgan fingerprint density at radius 1 is 1.03 bits per heavy atom. The predicted octanol–water partition coefficient (Wildman–Crippen LogP) is 2.56. The first-order valence-corrected chi connectivity index (χ1v) is 10.4. The quantitative estimate of drug-likeness (QED) is 0.443. The number of carbonyl (C=O) groups is 1. The molecule has 1 N–H and O–H groups in total. The van der Waals surface area contributed by atoms with Crippen LogP contribution in [0.3, 0.4) is 0 Å². The van der Waals surface area contributed by atoms with Crippen LogP contribution in [0.2, 0.25) is 0 Å². The third-order valence-corrected chi connectivity index (χ3v) is 5.85. The maximum absolute atomic E-state index is 13.2. The number of nitrogens with zero attached hydrogens (tertiary/aromatic N) is 3. The molecule has 0 saturated carbocycles. The van der Waals surface area contributed by atoms with Crippen molar-refractivity contribution in [2.75, 3.05) is 6.54 Å². The van der Waals surface area contributed by atoms with E-state index in [-0.39, 0.29) is 11.4 Å². The smallest absolute Gasteiger partial charge is 0.255 e. The van der Waals surface area contributed by atoms with Gasteiger partial charge in [-0.25, -0.2) is 18.2 Å². The van der Waals surface area contributed by atoms with E-state index in [4.69, 9.17) is 0 Å². The van der Waals surface area contributed by atoms with Crippen molar-refractivity contribution in [3.63, 3.8) is 0 Å². The Hall–Kier alpha value is -3.43. The number of benzene rings is 2. The number of amides is 1. The highest BCUT2D eigenvalue weighted by atomic mass is 32.2. The van der Waals surface area contributed by atoms with E-state index in [0.29, 0.717) is 11.3 Å². The van der Waals surface area contributed by atoms with Crippen LogP contribution in [-0.2, 0) is 21.4 Å². The Morgan fingerprint density at radius 2 is 1.73 bits per heavy atom. The van der Waals surface area contributed by atoms with Crippen LogP contribution in [0.25, 0.3) is 0 Å². The Labute approximate surface area is 173 Å². The highest BCUT2D eigenvalue weighted by Gasteiger charge is 2.26. The molecule has 0 aliphatic carbocycles. The molecule has 3 aromatic rings. The van der Waals surface area contributed by atoms with Crippen LogP contribution in [0, 0.1) is 5.82 Å². The van der Waals surface area contributed by atoms with Gasteiger partial charge in [-0.2, -0.15) is 9.41 Å². The number of hydrogen-bond acceptors (Lipinski definition) is 5. The standard InChI is InChI=1S/C21H19FN4O3S/c22-18-11-9-17(10-12-18)15-26(30(28,29)20-7-2-1-3-8-20)16-21(27)25-24-14-19-6-4-5-13-23-19/h1-14H,15-16H2,(H,25,27)/b24-14-. The fourth-order valence-electron chi connectivity index (χ4n) is 2.58. The molecule has 7 nitrogen and oxygen atoms in total. The van der Waals surface area contributed by atoms with Gasteiger partial charge in [0, 0.05) is 12.7 Å². The van der Waals surface area contributed by atoms with Crippen molar-refractivity contribution in [1.29, 1.82) is 0 Å². The number of sulfonamides is 1. The van der Waals surface area contributed by atoms with Crippen LogP contribution in [0.1, 0.15) is 11.3 Å². The zero-order chi connectivity index (χ0) is 21.4. The molecule has 0 aliphatic rings. The fourth-order valence-corrected chi connectivity index (χ4v) is 3.98. The summed E-state index contributed by atoms with van der Waals surface area (Å²) in [7, 11) is -3.97. The first-order chi connectivity index (χ1) is 14.4. The average molecular weight is 426 g/mol. The molecular formula is C21H19FN4O3S. The summed E-state index contributed by atoms with van der Waals surface area (Å²) < 4.78 is 40.3. The van der Waals surface area contributed by atoms with Crippen LogP contribution in [0.5, 0.6) is 0 Å². The second-order valence-electron chi connectivity index (χ2n) is 6.26. The maximum atomic E-state index is 13.2. The number of hydrogen-bond donors (Lipinski definition) is 1. The fraction of sp³-hybridized carbons (Fsp3) is 0.0952. The van der Waals surface area contributed by atoms with E-state index in [1.807, 2.05) is 0 Å². The van der Waals surface area contributed by atoms with Crippen LogP contribution in [0.15, 0.2) is 89.0 Å². The number of carbonyl (C=O) groups excluding carboxylic acids is 1. The molecule has 0 aliphatic heterocycles. The monoisotopic (exact) mass is 426 g/mol. The van der Waals surface area contributed by atoms with Gasteiger partial charge in [-0.1, -0.05) is 36.4 Å². The van der Waals surface area contributed by atoms with Gasteiger partial charge in [0.05, 0.1) is 23.3 Å². The molecule has 1 amide bonds. The molecule has 0 unspecified atom stereocenters. The van der Waals surface area contributed by atoms with Gasteiger partial charge in [-0.15, -0.1) is 0 Å². The Balaban J connectivity index is 1.77. The number of aromatic nitrogens is 1. The van der Waals surface area contributed by atoms with Gasteiger partial charge >= 0.3 is 0 Å². The topological polar surface area (TPSA) is 91.7 Å². The molecule has 0 spiro atoms. The van der Waals surface area contributed by atoms with E-state index in [1.54, 1.807) is 42.6 Å². The van der Waals surface area contributed by atoms with Crippen molar-refractivity contribution in [1.82, 2.24) is 14.7 Å². The number of hydrazone groups is 1. The van der Waals surface area contributed by atoms with Gasteiger partial charge < -0.3 is 0 Å². The van der Waals surface area contributed by atoms with E-state index in [2.05, 4.69) is 15.5 Å². The van der Waals surface area contributed by atoms with Gasteiger partial charge in [-0.3, -0.25) is 9.78 Å². The lowest BCUT2D eigenvalue weighted by Crippen LogP contribution is -2.39. The zero-order valence-corrected chi connectivity index (χ0v) is 16.7. The van der Waals surface area contributed by atoms with Crippen molar-refractivity contribution in [3.8, 4) is 0 Å². The lowest BCUT2D eigenvalue weighted by atomic mass is 10.2. The summed E-state index contributed by atoms with van der Waals surface area (Å²) in [5, 5.41) is 3.81. The van der Waals surface area contributed by atoms with Gasteiger partial charge in [0.25, 0.3) is 5.91 Å². The number of rotatable bonds is 8. The summed E-state index contributed by atoms with van der Waals surface area (Å²) >= 11 is 0. The van der Waals surface area contributed by atoms with Crippen LogP contribution < -0.4 is 5.43 Å². The van der Waals surface area contributed by atoms with Crippen molar-refractivity contribution in [2.24, 2.45) is 5.10 Å². The van der Waals surface area contributed by atoms with Crippen molar-refractivity contribution in [3.05, 3.63) is 96.1 Å². The minimum Gasteiger partial charge on any atom is -0.272 e. The summed E-state index contributed by atoms with van der Waals surface area (Å²) in [4.78, 5) is 16.4. The molecular weight excluding hydrogens is 407 g/mol. The first-order valence-electron chi connectivity index (χ1n) is 8.98. The van der Waals surface area contributed by atoms with E-state index in [9.17, 15) is 17.6 Å². The summed E-state index contributed by atoms with van der Waals surface area (Å²) in [6.45, 7) is -0.566. The lowest BCUT2D eigenvalue weighted by Gasteiger charge is -2.21. The van der Waals surface area contributed by atoms with E-state index >= 15 is 0 Å². The zero-order valence-electron chi connectivity index (χ0n) is 15.8. The molecule has 2 aromatic carbocycles.